The molecular weight excluding hydrogens is 288 g/mol. The lowest BCUT2D eigenvalue weighted by molar-refractivity contribution is -0.145. The van der Waals surface area contributed by atoms with Gasteiger partial charge in [-0.1, -0.05) is 6.92 Å². The van der Waals surface area contributed by atoms with E-state index in [2.05, 4.69) is 0 Å². The van der Waals surface area contributed by atoms with Crippen LogP contribution in [0.2, 0.25) is 0 Å². The van der Waals surface area contributed by atoms with Gasteiger partial charge in [-0.3, -0.25) is 9.59 Å². The van der Waals surface area contributed by atoms with Crippen molar-refractivity contribution in [1.29, 1.82) is 0 Å². The summed E-state index contributed by atoms with van der Waals surface area (Å²) >= 11 is 0. The Hall–Kier alpha value is -2.12. The molecule has 2 heterocycles. The van der Waals surface area contributed by atoms with Gasteiger partial charge in [0.05, 0.1) is 0 Å². The molecule has 2 saturated heterocycles. The number of hydrogen-bond donors (Lipinski definition) is 0. The highest BCUT2D eigenvalue weighted by Crippen LogP contribution is 2.50. The third-order valence-corrected chi connectivity index (χ3v) is 5.06. The van der Waals surface area contributed by atoms with Gasteiger partial charge in [0.25, 0.3) is 0 Å². The quantitative estimate of drug-likeness (QED) is 0.763. The highest BCUT2D eigenvalue weighted by atomic mass is 16.2. The van der Waals surface area contributed by atoms with Gasteiger partial charge in [-0.2, -0.15) is 0 Å². The molecular formula is C14H22N4O4. The molecule has 0 aliphatic carbocycles. The van der Waals surface area contributed by atoms with Crippen molar-refractivity contribution in [3.8, 4) is 0 Å². The summed E-state index contributed by atoms with van der Waals surface area (Å²) in [7, 11) is 3.06. The number of carbonyl (C=O) groups is 4. The van der Waals surface area contributed by atoms with Crippen LogP contribution in [0.5, 0.6) is 0 Å². The van der Waals surface area contributed by atoms with Gasteiger partial charge in [-0.05, 0) is 20.3 Å². The number of amides is 6. The van der Waals surface area contributed by atoms with E-state index in [-0.39, 0.29) is 12.3 Å². The second kappa shape index (κ2) is 4.69. The Morgan fingerprint density at radius 2 is 1.41 bits per heavy atom. The van der Waals surface area contributed by atoms with Gasteiger partial charge in [0.2, 0.25) is 11.8 Å². The van der Waals surface area contributed by atoms with E-state index in [0.717, 1.165) is 9.80 Å². The molecule has 2 aliphatic rings. The summed E-state index contributed by atoms with van der Waals surface area (Å²) in [5.41, 5.74) is -2.49. The number of fused-ring (bicyclic) bond motifs is 1. The fourth-order valence-electron chi connectivity index (χ4n) is 3.55. The molecule has 0 aromatic carbocycles. The second-order valence-corrected chi connectivity index (χ2v) is 6.06. The predicted molar refractivity (Wildman–Crippen MR) is 77.4 cm³/mol. The number of carbonyl (C=O) groups excluding carboxylic acids is 4. The minimum Gasteiger partial charge on any atom is -0.300 e. The molecule has 122 valence electrons. The molecule has 8 heteroatoms. The largest absolute Gasteiger partial charge is 0.330 e. The van der Waals surface area contributed by atoms with E-state index in [1.807, 2.05) is 6.92 Å². The summed E-state index contributed by atoms with van der Waals surface area (Å²) in [6.45, 7) is 6.36. The van der Waals surface area contributed by atoms with Gasteiger partial charge >= 0.3 is 12.1 Å². The van der Waals surface area contributed by atoms with Crippen molar-refractivity contribution in [2.45, 2.75) is 51.9 Å². The van der Waals surface area contributed by atoms with E-state index >= 15 is 0 Å². The first-order valence-corrected chi connectivity index (χ1v) is 7.26. The lowest BCUT2D eigenvalue weighted by atomic mass is 9.95. The Morgan fingerprint density at radius 3 is 1.82 bits per heavy atom. The molecule has 2 aliphatic heterocycles. The molecule has 0 aromatic heterocycles. The Balaban J connectivity index is 2.69. The van der Waals surface area contributed by atoms with Crippen molar-refractivity contribution in [2.24, 2.45) is 0 Å². The minimum absolute atomic E-state index is 0.175. The normalized spacial score (nSPS) is 31.2. The maximum absolute atomic E-state index is 12.6. The van der Waals surface area contributed by atoms with Gasteiger partial charge in [0.15, 0.2) is 11.3 Å². The van der Waals surface area contributed by atoms with Crippen LogP contribution in [-0.2, 0) is 9.59 Å². The van der Waals surface area contributed by atoms with Crippen molar-refractivity contribution < 1.29 is 19.2 Å². The molecule has 2 atom stereocenters. The first-order chi connectivity index (χ1) is 10.1. The van der Waals surface area contributed by atoms with Crippen LogP contribution in [0, 0.1) is 0 Å². The fourth-order valence-corrected chi connectivity index (χ4v) is 3.55. The summed E-state index contributed by atoms with van der Waals surface area (Å²) in [4.78, 5) is 54.4. The van der Waals surface area contributed by atoms with Crippen LogP contribution in [-0.4, -0.2) is 68.9 Å². The van der Waals surface area contributed by atoms with Crippen LogP contribution < -0.4 is 0 Å². The molecule has 0 bridgehead atoms. The van der Waals surface area contributed by atoms with E-state index in [9.17, 15) is 19.2 Å². The summed E-state index contributed by atoms with van der Waals surface area (Å²) < 4.78 is 0. The van der Waals surface area contributed by atoms with Crippen molar-refractivity contribution in [3.05, 3.63) is 0 Å². The molecule has 8 nitrogen and oxygen atoms in total. The van der Waals surface area contributed by atoms with Gasteiger partial charge < -0.3 is 9.80 Å². The van der Waals surface area contributed by atoms with Crippen LogP contribution in [0.25, 0.3) is 0 Å². The Kier molecular flexibility index (Phi) is 3.46. The SMILES string of the molecule is CCCC(=O)N1C(=O)N(C)[C@]2(C)N(C)C(=O)N(C(C)=O)[C@]12C. The van der Waals surface area contributed by atoms with Crippen molar-refractivity contribution >= 4 is 23.9 Å². The maximum Gasteiger partial charge on any atom is 0.330 e. The van der Waals surface area contributed by atoms with Crippen molar-refractivity contribution in [3.63, 3.8) is 0 Å². The van der Waals surface area contributed by atoms with Gasteiger partial charge in [0.1, 0.15) is 0 Å². The van der Waals surface area contributed by atoms with Gasteiger partial charge in [-0.15, -0.1) is 0 Å². The Morgan fingerprint density at radius 1 is 0.955 bits per heavy atom. The highest BCUT2D eigenvalue weighted by molar-refractivity contribution is 6.04. The van der Waals surface area contributed by atoms with E-state index in [4.69, 9.17) is 0 Å². The highest BCUT2D eigenvalue weighted by Gasteiger charge is 2.75. The molecule has 0 N–H and O–H groups in total. The number of nitrogens with zero attached hydrogens (tertiary/aromatic N) is 4. The van der Waals surface area contributed by atoms with Crippen molar-refractivity contribution in [1.82, 2.24) is 19.6 Å². The second-order valence-electron chi connectivity index (χ2n) is 6.06. The average Bonchev–Trinajstić information content (AvgIpc) is 2.67. The number of rotatable bonds is 2. The Labute approximate surface area is 129 Å². The molecule has 22 heavy (non-hydrogen) atoms. The molecule has 6 amide bonds. The van der Waals surface area contributed by atoms with E-state index < -0.39 is 29.3 Å². The smallest absolute Gasteiger partial charge is 0.300 e. The summed E-state index contributed by atoms with van der Waals surface area (Å²) in [5, 5.41) is 0. The summed E-state index contributed by atoms with van der Waals surface area (Å²) in [6.07, 6.45) is 0.748. The Bertz CT molecular complexity index is 577. The third-order valence-electron chi connectivity index (χ3n) is 5.06. The fraction of sp³-hybridized carbons (Fsp3) is 0.714. The molecule has 0 saturated carbocycles. The summed E-state index contributed by atoms with van der Waals surface area (Å²) in [5.74, 6) is -0.889. The third kappa shape index (κ3) is 1.52. The van der Waals surface area contributed by atoms with Crippen LogP contribution in [0.15, 0.2) is 0 Å². The molecule has 0 radical (unpaired) electrons. The number of urea groups is 2. The van der Waals surface area contributed by atoms with Gasteiger partial charge in [0, 0.05) is 27.4 Å². The predicted octanol–water partition coefficient (Wildman–Crippen LogP) is 1.03. The zero-order chi connectivity index (χ0) is 17.0. The summed E-state index contributed by atoms with van der Waals surface area (Å²) in [6, 6.07) is -1.03. The minimum atomic E-state index is -1.37. The van der Waals surface area contributed by atoms with Crippen LogP contribution in [0.4, 0.5) is 9.59 Å². The lowest BCUT2D eigenvalue weighted by Gasteiger charge is -2.42. The number of hydrogen-bond acceptors (Lipinski definition) is 4. The molecule has 2 rings (SSSR count). The van der Waals surface area contributed by atoms with Crippen LogP contribution in [0.1, 0.15) is 40.5 Å². The van der Waals surface area contributed by atoms with Crippen molar-refractivity contribution in [2.75, 3.05) is 14.1 Å². The van der Waals surface area contributed by atoms with E-state index in [1.54, 1.807) is 13.8 Å². The van der Waals surface area contributed by atoms with E-state index in [1.165, 1.54) is 30.8 Å². The van der Waals surface area contributed by atoms with Gasteiger partial charge in [-0.25, -0.2) is 19.4 Å². The molecule has 0 aromatic rings. The zero-order valence-corrected chi connectivity index (χ0v) is 13.8. The zero-order valence-electron chi connectivity index (χ0n) is 13.8. The number of likely N-dealkylation sites (N-methyl/N-ethyl adjacent to an activating group) is 2. The topological polar surface area (TPSA) is 81.2 Å². The first-order valence-electron chi connectivity index (χ1n) is 7.26. The first kappa shape index (κ1) is 16.3. The number of imide groups is 2. The average molecular weight is 310 g/mol. The maximum atomic E-state index is 12.6. The molecule has 2 fully saturated rings. The molecule has 0 spiro atoms. The lowest BCUT2D eigenvalue weighted by Crippen LogP contribution is -2.65. The van der Waals surface area contributed by atoms with Crippen LogP contribution in [0.3, 0.4) is 0 Å². The monoisotopic (exact) mass is 310 g/mol. The standard InChI is InChI=1S/C14H22N4O4/c1-7-8-10(20)18-12(22)16(6)13(3)14(18,4)17(9(2)19)11(21)15(13)5/h7-8H2,1-6H3/t13-,14+/m0/s1. The van der Waals surface area contributed by atoms with Crippen LogP contribution >= 0.6 is 0 Å². The molecule has 0 unspecified atom stereocenters. The van der Waals surface area contributed by atoms with E-state index in [0.29, 0.717) is 6.42 Å².